The van der Waals surface area contributed by atoms with Crippen LogP contribution < -0.4 is 16.0 Å². The zero-order valence-electron chi connectivity index (χ0n) is 17.2. The van der Waals surface area contributed by atoms with E-state index in [1.54, 1.807) is 18.2 Å². The van der Waals surface area contributed by atoms with E-state index in [1.807, 2.05) is 5.32 Å². The van der Waals surface area contributed by atoms with Crippen molar-refractivity contribution in [2.75, 3.05) is 10.6 Å². The van der Waals surface area contributed by atoms with E-state index in [1.165, 1.54) is 24.3 Å². The Labute approximate surface area is 189 Å². The molecule has 0 spiro atoms. The summed E-state index contributed by atoms with van der Waals surface area (Å²) in [7, 11) is 0. The fraction of sp³-hybridized carbons (Fsp3) is 0.130. The molecule has 178 valence electrons. The highest BCUT2D eigenvalue weighted by molar-refractivity contribution is 6.04. The summed E-state index contributed by atoms with van der Waals surface area (Å²) in [5.74, 6) is -0.617. The number of benzene rings is 3. The summed E-state index contributed by atoms with van der Waals surface area (Å²) >= 11 is 0. The summed E-state index contributed by atoms with van der Waals surface area (Å²) < 4.78 is 79.0. The Morgan fingerprint density at radius 1 is 0.735 bits per heavy atom. The van der Waals surface area contributed by atoms with E-state index in [0.29, 0.717) is 6.07 Å². The largest absolute Gasteiger partial charge is 0.418 e. The van der Waals surface area contributed by atoms with Gasteiger partial charge in [0.15, 0.2) is 0 Å². The molecule has 5 nitrogen and oxygen atoms in total. The number of nitrogens with one attached hydrogen (secondary N) is 3. The van der Waals surface area contributed by atoms with E-state index in [4.69, 9.17) is 0 Å². The number of carbonyl (C=O) groups is 2. The van der Waals surface area contributed by atoms with Gasteiger partial charge in [-0.3, -0.25) is 4.79 Å². The molecule has 0 saturated carbocycles. The lowest BCUT2D eigenvalue weighted by atomic mass is 10.1. The lowest BCUT2D eigenvalue weighted by Crippen LogP contribution is -2.29. The van der Waals surface area contributed by atoms with E-state index in [0.717, 1.165) is 24.3 Å². The first-order valence-electron chi connectivity index (χ1n) is 9.72. The first kappa shape index (κ1) is 24.6. The molecule has 0 heterocycles. The summed E-state index contributed by atoms with van der Waals surface area (Å²) in [4.78, 5) is 24.3. The Morgan fingerprint density at radius 3 is 2.09 bits per heavy atom. The van der Waals surface area contributed by atoms with Crippen LogP contribution in [0, 0.1) is 0 Å². The van der Waals surface area contributed by atoms with Crippen LogP contribution in [0.4, 0.5) is 42.5 Å². The second-order valence-corrected chi connectivity index (χ2v) is 7.08. The molecule has 34 heavy (non-hydrogen) atoms. The molecular weight excluding hydrogens is 464 g/mol. The molecular formula is C23H17F6N3O2. The van der Waals surface area contributed by atoms with Gasteiger partial charge in [0, 0.05) is 17.8 Å². The predicted octanol–water partition coefficient (Wildman–Crippen LogP) is 6.30. The van der Waals surface area contributed by atoms with Crippen LogP contribution in [0.2, 0.25) is 0 Å². The summed E-state index contributed by atoms with van der Waals surface area (Å²) in [6.45, 7) is -0.345. The average Bonchev–Trinajstić information content (AvgIpc) is 2.78. The van der Waals surface area contributed by atoms with E-state index < -0.39 is 41.1 Å². The standard InChI is InChI=1S/C23H17F6N3O2/c24-22(25,26)16-8-4-5-14(11-16)13-30-21(34)32-19-10-9-17(12-18(19)23(27,28)29)31-20(33)15-6-2-1-3-7-15/h1-12H,13H2,(H,31,33)(H2,30,32,34). The fourth-order valence-electron chi connectivity index (χ4n) is 2.96. The third kappa shape index (κ3) is 6.50. The second-order valence-electron chi connectivity index (χ2n) is 7.08. The van der Waals surface area contributed by atoms with Gasteiger partial charge in [-0.05, 0) is 48.0 Å². The third-order valence-corrected chi connectivity index (χ3v) is 4.57. The van der Waals surface area contributed by atoms with Gasteiger partial charge in [0.2, 0.25) is 0 Å². The van der Waals surface area contributed by atoms with Crippen LogP contribution in [0.15, 0.2) is 72.8 Å². The predicted molar refractivity (Wildman–Crippen MR) is 113 cm³/mol. The number of amides is 3. The molecule has 0 aliphatic carbocycles. The van der Waals surface area contributed by atoms with Crippen LogP contribution in [-0.2, 0) is 18.9 Å². The number of hydrogen-bond donors (Lipinski definition) is 3. The topological polar surface area (TPSA) is 70.2 Å². The zero-order valence-corrected chi connectivity index (χ0v) is 17.2. The summed E-state index contributed by atoms with van der Waals surface area (Å²) in [5.41, 5.74) is -2.51. The van der Waals surface area contributed by atoms with Crippen molar-refractivity contribution in [3.63, 3.8) is 0 Å². The third-order valence-electron chi connectivity index (χ3n) is 4.57. The van der Waals surface area contributed by atoms with Crippen LogP contribution in [0.3, 0.4) is 0 Å². The maximum Gasteiger partial charge on any atom is 0.418 e. The fourth-order valence-corrected chi connectivity index (χ4v) is 2.96. The monoisotopic (exact) mass is 481 g/mol. The molecule has 0 aliphatic rings. The number of urea groups is 1. The Morgan fingerprint density at radius 2 is 1.44 bits per heavy atom. The van der Waals surface area contributed by atoms with Gasteiger partial charge >= 0.3 is 18.4 Å². The van der Waals surface area contributed by atoms with Crippen LogP contribution in [-0.4, -0.2) is 11.9 Å². The minimum atomic E-state index is -4.86. The van der Waals surface area contributed by atoms with Crippen molar-refractivity contribution in [1.82, 2.24) is 5.32 Å². The highest BCUT2D eigenvalue weighted by Crippen LogP contribution is 2.36. The SMILES string of the molecule is O=C(NCc1cccc(C(F)(F)F)c1)Nc1ccc(NC(=O)c2ccccc2)cc1C(F)(F)F. The Hall–Kier alpha value is -4.02. The average molecular weight is 481 g/mol. The van der Waals surface area contributed by atoms with Crippen LogP contribution in [0.25, 0.3) is 0 Å². The molecule has 0 fully saturated rings. The van der Waals surface area contributed by atoms with Crippen molar-refractivity contribution in [2.45, 2.75) is 18.9 Å². The summed E-state index contributed by atoms with van der Waals surface area (Å²) in [6, 6.07) is 13.8. The maximum absolute atomic E-state index is 13.6. The number of carbonyl (C=O) groups excluding carboxylic acids is 2. The molecule has 0 saturated heterocycles. The molecule has 0 aromatic heterocycles. The summed E-state index contributed by atoms with van der Waals surface area (Å²) in [6.07, 6.45) is -9.44. The van der Waals surface area contributed by atoms with Gasteiger partial charge in [0.1, 0.15) is 0 Å². The first-order valence-corrected chi connectivity index (χ1v) is 9.72. The number of rotatable bonds is 5. The van der Waals surface area contributed by atoms with E-state index in [2.05, 4.69) is 10.6 Å². The minimum Gasteiger partial charge on any atom is -0.334 e. The van der Waals surface area contributed by atoms with Gasteiger partial charge in [-0.15, -0.1) is 0 Å². The van der Waals surface area contributed by atoms with E-state index >= 15 is 0 Å². The molecule has 3 N–H and O–H groups in total. The molecule has 11 heteroatoms. The Bertz CT molecular complexity index is 1180. The summed E-state index contributed by atoms with van der Waals surface area (Å²) in [5, 5.41) is 6.61. The Balaban J connectivity index is 1.71. The van der Waals surface area contributed by atoms with Gasteiger partial charge < -0.3 is 16.0 Å². The van der Waals surface area contributed by atoms with Gasteiger partial charge in [0.25, 0.3) is 5.91 Å². The molecule has 0 atom stereocenters. The molecule has 0 radical (unpaired) electrons. The van der Waals surface area contributed by atoms with Crippen LogP contribution in [0.1, 0.15) is 27.0 Å². The number of anilines is 2. The minimum absolute atomic E-state index is 0.111. The number of alkyl halides is 6. The van der Waals surface area contributed by atoms with Crippen molar-refractivity contribution in [3.05, 3.63) is 95.1 Å². The van der Waals surface area contributed by atoms with Gasteiger partial charge in [-0.2, -0.15) is 26.3 Å². The Kier molecular flexibility index (Phi) is 7.14. The first-order chi connectivity index (χ1) is 15.9. The van der Waals surface area contributed by atoms with Gasteiger partial charge in [-0.1, -0.05) is 30.3 Å². The molecule has 3 amide bonds. The molecule has 3 aromatic carbocycles. The second kappa shape index (κ2) is 9.86. The lowest BCUT2D eigenvalue weighted by Gasteiger charge is -2.16. The van der Waals surface area contributed by atoms with E-state index in [9.17, 15) is 35.9 Å². The molecule has 0 bridgehead atoms. The van der Waals surface area contributed by atoms with Gasteiger partial charge in [0.05, 0.1) is 16.8 Å². The molecule has 0 aliphatic heterocycles. The number of halogens is 6. The normalized spacial score (nSPS) is 11.6. The smallest absolute Gasteiger partial charge is 0.334 e. The van der Waals surface area contributed by atoms with Crippen molar-refractivity contribution in [3.8, 4) is 0 Å². The molecule has 3 aromatic rings. The van der Waals surface area contributed by atoms with Crippen molar-refractivity contribution in [1.29, 1.82) is 0 Å². The van der Waals surface area contributed by atoms with E-state index in [-0.39, 0.29) is 23.4 Å². The lowest BCUT2D eigenvalue weighted by molar-refractivity contribution is -0.138. The highest BCUT2D eigenvalue weighted by Gasteiger charge is 2.34. The van der Waals surface area contributed by atoms with Crippen molar-refractivity contribution in [2.24, 2.45) is 0 Å². The van der Waals surface area contributed by atoms with Crippen molar-refractivity contribution >= 4 is 23.3 Å². The quantitative estimate of drug-likeness (QED) is 0.375. The van der Waals surface area contributed by atoms with Gasteiger partial charge in [-0.25, -0.2) is 4.79 Å². The molecule has 3 rings (SSSR count). The number of hydrogen-bond acceptors (Lipinski definition) is 2. The van der Waals surface area contributed by atoms with Crippen molar-refractivity contribution < 1.29 is 35.9 Å². The van der Waals surface area contributed by atoms with Crippen LogP contribution in [0.5, 0.6) is 0 Å². The van der Waals surface area contributed by atoms with Crippen LogP contribution >= 0.6 is 0 Å². The highest BCUT2D eigenvalue weighted by atomic mass is 19.4. The molecule has 0 unspecified atom stereocenters. The maximum atomic E-state index is 13.6. The zero-order chi connectivity index (χ0) is 24.9.